The first-order chi connectivity index (χ1) is 9.04. The molecule has 1 aromatic carbocycles. The molecule has 0 aliphatic carbocycles. The molecular weight excluding hydrogens is 287 g/mol. The molecule has 4 nitrogen and oxygen atoms in total. The van der Waals surface area contributed by atoms with Crippen LogP contribution in [0.2, 0.25) is 10.0 Å². The van der Waals surface area contributed by atoms with Crippen LogP contribution in [0.15, 0.2) is 39.9 Å². The molecule has 0 unspecified atom stereocenters. The molecule has 2 aromatic rings. The van der Waals surface area contributed by atoms with Crippen LogP contribution in [0.4, 0.5) is 0 Å². The van der Waals surface area contributed by atoms with Crippen molar-refractivity contribution < 1.29 is 9.21 Å². The molecule has 0 aliphatic heterocycles. The molecular formula is C13H10Cl2N2O2. The first-order valence-electron chi connectivity index (χ1n) is 5.40. The van der Waals surface area contributed by atoms with Gasteiger partial charge in [-0.3, -0.25) is 4.79 Å². The monoisotopic (exact) mass is 296 g/mol. The molecule has 0 fully saturated rings. The Kier molecular flexibility index (Phi) is 4.24. The first kappa shape index (κ1) is 13.6. The second-order valence-electron chi connectivity index (χ2n) is 3.79. The van der Waals surface area contributed by atoms with Crippen LogP contribution in [0.5, 0.6) is 0 Å². The van der Waals surface area contributed by atoms with Crippen LogP contribution in [-0.4, -0.2) is 12.1 Å². The fourth-order valence-corrected chi connectivity index (χ4v) is 1.99. The Bertz CT molecular complexity index is 615. The van der Waals surface area contributed by atoms with E-state index in [2.05, 4.69) is 10.5 Å². The lowest BCUT2D eigenvalue weighted by Crippen LogP contribution is -2.12. The average Bonchev–Trinajstić information content (AvgIpc) is 2.76. The van der Waals surface area contributed by atoms with Gasteiger partial charge >= 0.3 is 0 Å². The number of furan rings is 1. The summed E-state index contributed by atoms with van der Waals surface area (Å²) in [6.07, 6.45) is 1.41. The zero-order valence-corrected chi connectivity index (χ0v) is 11.5. The number of carbonyl (C=O) groups excluding carboxylic acids is 1. The van der Waals surface area contributed by atoms with Crippen LogP contribution >= 0.6 is 23.2 Å². The van der Waals surface area contributed by atoms with Gasteiger partial charge in [0.25, 0.3) is 0 Å². The van der Waals surface area contributed by atoms with E-state index in [1.807, 2.05) is 0 Å². The summed E-state index contributed by atoms with van der Waals surface area (Å²) in [5.74, 6) is 0.887. The molecule has 0 saturated heterocycles. The zero-order chi connectivity index (χ0) is 13.8. The van der Waals surface area contributed by atoms with E-state index in [0.29, 0.717) is 21.6 Å². The van der Waals surface area contributed by atoms with E-state index in [0.717, 1.165) is 5.56 Å². The smallest absolute Gasteiger partial charge is 0.236 e. The molecule has 2 rings (SSSR count). The lowest BCUT2D eigenvalue weighted by atomic mass is 10.2. The minimum atomic E-state index is -0.246. The Morgan fingerprint density at radius 1 is 1.26 bits per heavy atom. The molecule has 1 amide bonds. The van der Waals surface area contributed by atoms with E-state index in [9.17, 15) is 4.79 Å². The minimum Gasteiger partial charge on any atom is -0.455 e. The van der Waals surface area contributed by atoms with Crippen LogP contribution in [0.3, 0.4) is 0 Å². The van der Waals surface area contributed by atoms with Gasteiger partial charge < -0.3 is 4.42 Å². The van der Waals surface area contributed by atoms with Crippen LogP contribution in [0.25, 0.3) is 11.3 Å². The molecule has 1 N–H and O–H groups in total. The first-order valence-corrected chi connectivity index (χ1v) is 6.16. The van der Waals surface area contributed by atoms with E-state index in [4.69, 9.17) is 27.6 Å². The van der Waals surface area contributed by atoms with E-state index < -0.39 is 0 Å². The highest BCUT2D eigenvalue weighted by Gasteiger charge is 2.06. The Hall–Kier alpha value is -1.78. The van der Waals surface area contributed by atoms with Crippen molar-refractivity contribution in [1.29, 1.82) is 0 Å². The maximum atomic E-state index is 10.7. The van der Waals surface area contributed by atoms with Gasteiger partial charge in [-0.25, -0.2) is 5.43 Å². The Labute approximate surface area is 120 Å². The summed E-state index contributed by atoms with van der Waals surface area (Å²) in [5, 5.41) is 4.78. The lowest BCUT2D eigenvalue weighted by molar-refractivity contribution is -0.118. The second kappa shape index (κ2) is 5.91. The summed E-state index contributed by atoms with van der Waals surface area (Å²) in [5.41, 5.74) is 3.06. The van der Waals surface area contributed by atoms with Gasteiger partial charge in [-0.1, -0.05) is 23.2 Å². The van der Waals surface area contributed by atoms with Crippen molar-refractivity contribution in [2.24, 2.45) is 5.10 Å². The molecule has 6 heteroatoms. The highest BCUT2D eigenvalue weighted by atomic mass is 35.5. The Morgan fingerprint density at radius 3 is 2.58 bits per heavy atom. The largest absolute Gasteiger partial charge is 0.455 e. The molecule has 1 heterocycles. The molecule has 0 radical (unpaired) electrons. The van der Waals surface area contributed by atoms with Crippen molar-refractivity contribution >= 4 is 35.3 Å². The highest BCUT2D eigenvalue weighted by Crippen LogP contribution is 2.28. The average molecular weight is 297 g/mol. The van der Waals surface area contributed by atoms with Crippen LogP contribution in [-0.2, 0) is 4.79 Å². The summed E-state index contributed by atoms with van der Waals surface area (Å²) < 4.78 is 5.54. The molecule has 0 aliphatic rings. The van der Waals surface area contributed by atoms with Gasteiger partial charge in [-0.15, -0.1) is 0 Å². The van der Waals surface area contributed by atoms with E-state index in [1.54, 1.807) is 30.3 Å². The van der Waals surface area contributed by atoms with Crippen LogP contribution < -0.4 is 5.43 Å². The summed E-state index contributed by atoms with van der Waals surface area (Å²) in [7, 11) is 0. The number of halogens is 2. The number of benzene rings is 1. The third kappa shape index (κ3) is 3.84. The normalized spacial score (nSPS) is 10.9. The lowest BCUT2D eigenvalue weighted by Gasteiger charge is -1.99. The summed E-state index contributed by atoms with van der Waals surface area (Å²) in [6, 6.07) is 8.66. The number of nitrogens with zero attached hydrogens (tertiary/aromatic N) is 1. The maximum absolute atomic E-state index is 10.7. The third-order valence-corrected chi connectivity index (χ3v) is 2.62. The SMILES string of the molecule is CC(=O)N/N=C\c1ccc(-c2cc(Cl)cc(Cl)c2)o1. The van der Waals surface area contributed by atoms with Crippen molar-refractivity contribution in [2.75, 3.05) is 0 Å². The topological polar surface area (TPSA) is 54.6 Å². The predicted molar refractivity (Wildman–Crippen MR) is 75.6 cm³/mol. The Balaban J connectivity index is 2.20. The van der Waals surface area contributed by atoms with Crippen molar-refractivity contribution in [1.82, 2.24) is 5.43 Å². The number of hydrogen-bond acceptors (Lipinski definition) is 3. The molecule has 0 saturated carbocycles. The molecule has 19 heavy (non-hydrogen) atoms. The van der Waals surface area contributed by atoms with Crippen LogP contribution in [0.1, 0.15) is 12.7 Å². The molecule has 0 atom stereocenters. The number of hydrazone groups is 1. The van der Waals surface area contributed by atoms with Gasteiger partial charge in [0.1, 0.15) is 11.5 Å². The third-order valence-electron chi connectivity index (χ3n) is 2.19. The van der Waals surface area contributed by atoms with E-state index >= 15 is 0 Å². The van der Waals surface area contributed by atoms with Crippen molar-refractivity contribution in [3.8, 4) is 11.3 Å². The van der Waals surface area contributed by atoms with E-state index in [1.165, 1.54) is 13.1 Å². The van der Waals surface area contributed by atoms with E-state index in [-0.39, 0.29) is 5.91 Å². The zero-order valence-electron chi connectivity index (χ0n) is 9.98. The molecule has 0 spiro atoms. The standard InChI is InChI=1S/C13H10Cl2N2O2/c1-8(18)17-16-7-12-2-3-13(19-12)9-4-10(14)6-11(15)5-9/h2-7H,1H3,(H,17,18)/b16-7-. The molecule has 0 bridgehead atoms. The summed E-state index contributed by atoms with van der Waals surface area (Å²) >= 11 is 11.9. The van der Waals surface area contributed by atoms with Crippen LogP contribution in [0, 0.1) is 0 Å². The summed E-state index contributed by atoms with van der Waals surface area (Å²) in [6.45, 7) is 1.37. The quantitative estimate of drug-likeness (QED) is 0.693. The summed E-state index contributed by atoms with van der Waals surface area (Å²) in [4.78, 5) is 10.7. The number of hydrogen-bond donors (Lipinski definition) is 1. The van der Waals surface area contributed by atoms with Gasteiger partial charge in [-0.05, 0) is 30.3 Å². The number of nitrogens with one attached hydrogen (secondary N) is 1. The minimum absolute atomic E-state index is 0.246. The van der Waals surface area contributed by atoms with Gasteiger partial charge in [0.15, 0.2) is 0 Å². The van der Waals surface area contributed by atoms with Gasteiger partial charge in [0.2, 0.25) is 5.91 Å². The molecule has 98 valence electrons. The predicted octanol–water partition coefficient (Wildman–Crippen LogP) is 3.72. The number of amides is 1. The second-order valence-corrected chi connectivity index (χ2v) is 4.66. The highest BCUT2D eigenvalue weighted by molar-refractivity contribution is 6.35. The Morgan fingerprint density at radius 2 is 1.95 bits per heavy atom. The maximum Gasteiger partial charge on any atom is 0.236 e. The van der Waals surface area contributed by atoms with Crippen molar-refractivity contribution in [3.05, 3.63) is 46.1 Å². The van der Waals surface area contributed by atoms with Gasteiger partial charge in [0, 0.05) is 22.5 Å². The van der Waals surface area contributed by atoms with Gasteiger partial charge in [0.05, 0.1) is 6.21 Å². The molecule has 1 aromatic heterocycles. The van der Waals surface area contributed by atoms with Crippen molar-refractivity contribution in [2.45, 2.75) is 6.92 Å². The number of carbonyl (C=O) groups is 1. The van der Waals surface area contributed by atoms with Gasteiger partial charge in [-0.2, -0.15) is 5.10 Å². The fourth-order valence-electron chi connectivity index (χ4n) is 1.46. The fraction of sp³-hybridized carbons (Fsp3) is 0.0769. The van der Waals surface area contributed by atoms with Crippen molar-refractivity contribution in [3.63, 3.8) is 0 Å². The number of rotatable bonds is 3.